The van der Waals surface area contributed by atoms with Gasteiger partial charge in [0.25, 0.3) is 0 Å². The number of aliphatic hydroxyl groups excluding tert-OH is 3. The second kappa shape index (κ2) is 31.9. The van der Waals surface area contributed by atoms with Crippen LogP contribution in [0.1, 0.15) is 26.7 Å². The average Bonchev–Trinajstić information content (AvgIpc) is 2.17. The predicted molar refractivity (Wildman–Crippen MR) is 73.8 cm³/mol. The van der Waals surface area contributed by atoms with Crippen molar-refractivity contribution >= 4 is 53.4 Å². The van der Waals surface area contributed by atoms with Gasteiger partial charge in [-0.1, -0.05) is 34.8 Å². The summed E-state index contributed by atoms with van der Waals surface area (Å²) >= 11 is 15.4. The van der Waals surface area contributed by atoms with Crippen molar-refractivity contribution in [3.63, 3.8) is 0 Å². The molecular weight excluding hydrogens is 417 g/mol. The molecule has 3 nitrogen and oxygen atoms in total. The molecule has 0 aromatic rings. The van der Waals surface area contributed by atoms with E-state index < -0.39 is 20.8 Å². The van der Waals surface area contributed by atoms with Crippen molar-refractivity contribution in [1.82, 2.24) is 0 Å². The van der Waals surface area contributed by atoms with Gasteiger partial charge in [-0.15, -0.1) is 0 Å². The Morgan fingerprint density at radius 2 is 1.17 bits per heavy atom. The van der Waals surface area contributed by atoms with Crippen molar-refractivity contribution in [1.29, 1.82) is 0 Å². The van der Waals surface area contributed by atoms with Crippen LogP contribution in [0.15, 0.2) is 0 Å². The molecule has 0 amide bonds. The monoisotopic (exact) mass is 434 g/mol. The van der Waals surface area contributed by atoms with E-state index in [2.05, 4.69) is 0 Å². The molecule has 0 radical (unpaired) electrons. The summed E-state index contributed by atoms with van der Waals surface area (Å²) < 4.78 is -1.19. The summed E-state index contributed by atoms with van der Waals surface area (Å²) in [5.74, 6) is 0. The Kier molecular flexibility index (Phi) is 57.9. The van der Waals surface area contributed by atoms with Crippen LogP contribution in [-0.4, -0.2) is 38.9 Å². The first-order valence-corrected chi connectivity index (χ1v) is 10.1. The molecule has 0 aliphatic rings. The normalized spacial score (nSPS) is 8.11. The third-order valence-electron chi connectivity index (χ3n) is 0.618. The van der Waals surface area contributed by atoms with Gasteiger partial charge in [-0.05, 0) is 26.7 Å². The first-order valence-electron chi connectivity index (χ1n) is 4.66. The molecule has 0 bridgehead atoms. The first-order chi connectivity index (χ1) is 7.80. The van der Waals surface area contributed by atoms with E-state index in [0.29, 0.717) is 12.8 Å². The molecule has 3 N–H and O–H groups in total. The number of hydrogen-bond acceptors (Lipinski definition) is 3. The molecule has 0 saturated carbocycles. The van der Waals surface area contributed by atoms with Gasteiger partial charge in [0.2, 0.25) is 0 Å². The Hall–Kier alpha value is 2.76. The first kappa shape index (κ1) is 32.6. The maximum absolute atomic E-state index is 8.25. The molecule has 0 aromatic carbocycles. The Morgan fingerprint density at radius 1 is 0.944 bits per heavy atom. The topological polar surface area (TPSA) is 60.7 Å². The molecule has 0 aromatic heterocycles. The summed E-state index contributed by atoms with van der Waals surface area (Å²) in [4.78, 5) is 0. The maximum Gasteiger partial charge on any atom is 0 e. The zero-order valence-corrected chi connectivity index (χ0v) is 17.2. The van der Waals surface area contributed by atoms with Crippen molar-refractivity contribution in [3.05, 3.63) is 0 Å². The van der Waals surface area contributed by atoms with E-state index in [0.717, 1.165) is 0 Å². The third-order valence-corrected chi connectivity index (χ3v) is 1.19. The molecule has 0 unspecified atom stereocenters. The van der Waals surface area contributed by atoms with Gasteiger partial charge >= 0.3 is 35.6 Å². The second-order valence-corrected chi connectivity index (χ2v) is 7.24. The van der Waals surface area contributed by atoms with Gasteiger partial charge in [0.1, 0.15) is 0 Å². The number of hydrogen-bond donors (Lipinski definition) is 3. The van der Waals surface area contributed by atoms with Gasteiger partial charge < -0.3 is 15.3 Å². The molecule has 18 heavy (non-hydrogen) atoms. The maximum atomic E-state index is 8.25. The molecule has 0 heterocycles. The molecule has 0 aliphatic heterocycles. The zero-order valence-electron chi connectivity index (χ0n) is 10.3. The Labute approximate surface area is 156 Å². The molecule has 0 atom stereocenters. The molecule has 0 fully saturated rings. The van der Waals surface area contributed by atoms with Crippen LogP contribution in [0, 0.1) is 0 Å². The van der Waals surface area contributed by atoms with Gasteiger partial charge in [-0.2, -0.15) is 0 Å². The van der Waals surface area contributed by atoms with Crippen molar-refractivity contribution < 1.29 is 54.1 Å². The second-order valence-electron chi connectivity index (χ2n) is 2.15. The zero-order chi connectivity index (χ0) is 14.7. The summed E-state index contributed by atoms with van der Waals surface area (Å²) in [5, 5.41) is 23.4. The van der Waals surface area contributed by atoms with E-state index in [1.165, 1.54) is 0 Å². The fourth-order valence-electron chi connectivity index (χ4n) is 0.280. The molecule has 0 spiro atoms. The average molecular weight is 436 g/mol. The Balaban J connectivity index is -0.0000000477. The van der Waals surface area contributed by atoms with Crippen LogP contribution in [0.2, 0.25) is 0 Å². The van der Waals surface area contributed by atoms with Crippen LogP contribution in [-0.2, 0) is 38.7 Å². The summed E-state index contributed by atoms with van der Waals surface area (Å²) in [6, 6.07) is 0. The van der Waals surface area contributed by atoms with E-state index in [1.54, 1.807) is 13.8 Å². The quantitative estimate of drug-likeness (QED) is 0.459. The standard InChI is InChI=1S/C4H7Cl3O.2C2H6O.2ClH.2Ti/c5-4(6,7)2-1-3-8;2*1-2-3;;;;/h8H,1-3H2;2*3H,2H2,1H3;2*1H;;/q;;;;;;+2/p-2. The van der Waals surface area contributed by atoms with Crippen molar-refractivity contribution in [2.75, 3.05) is 19.8 Å². The van der Waals surface area contributed by atoms with Gasteiger partial charge in [-0.25, -0.2) is 0 Å². The summed E-state index contributed by atoms with van der Waals surface area (Å²) in [6.07, 6.45) is 0.949. The molecule has 0 rings (SSSR count). The Morgan fingerprint density at radius 3 is 1.22 bits per heavy atom. The molecular formula is C8H19Cl5O3Ti2. The van der Waals surface area contributed by atoms with Crippen LogP contribution in [0.3, 0.4) is 0 Å². The number of alkyl halides is 3. The van der Waals surface area contributed by atoms with Crippen molar-refractivity contribution in [2.45, 2.75) is 30.5 Å². The molecule has 10 heteroatoms. The molecule has 0 aliphatic carbocycles. The minimum absolute atomic E-state index is 0. The van der Waals surface area contributed by atoms with E-state index in [-0.39, 0.29) is 41.5 Å². The van der Waals surface area contributed by atoms with E-state index >= 15 is 0 Å². The van der Waals surface area contributed by atoms with Gasteiger partial charge in [0.05, 0.1) is 0 Å². The van der Waals surface area contributed by atoms with Crippen LogP contribution >= 0.6 is 53.4 Å². The van der Waals surface area contributed by atoms with Crippen molar-refractivity contribution in [2.24, 2.45) is 0 Å². The summed E-state index contributed by atoms with van der Waals surface area (Å²) in [6.45, 7) is 3.94. The van der Waals surface area contributed by atoms with Crippen LogP contribution in [0.4, 0.5) is 0 Å². The SMILES string of the molecule is CCO.CCO.OCCCC(Cl)(Cl)Cl.[Cl][Ti][Cl].[Ti]. The fourth-order valence-corrected chi connectivity index (χ4v) is 0.680. The van der Waals surface area contributed by atoms with Crippen molar-refractivity contribution in [3.8, 4) is 0 Å². The smallest absolute Gasteiger partial charge is 0 e. The number of halogens is 5. The van der Waals surface area contributed by atoms with Gasteiger partial charge in [0.15, 0.2) is 3.79 Å². The Bertz CT molecular complexity index is 104. The summed E-state index contributed by atoms with van der Waals surface area (Å²) in [5.41, 5.74) is 0. The van der Waals surface area contributed by atoms with E-state index in [4.69, 9.17) is 68.7 Å². The number of aliphatic hydroxyl groups is 3. The third kappa shape index (κ3) is 98.3. The minimum Gasteiger partial charge on any atom is 0 e. The largest absolute Gasteiger partial charge is 0 e. The summed E-state index contributed by atoms with van der Waals surface area (Å²) in [7, 11) is 9.78. The minimum atomic E-state index is -1.19. The van der Waals surface area contributed by atoms with Crippen LogP contribution in [0.25, 0.3) is 0 Å². The molecule has 112 valence electrons. The van der Waals surface area contributed by atoms with Gasteiger partial charge in [0, 0.05) is 41.5 Å². The predicted octanol–water partition coefficient (Wildman–Crippen LogP) is 3.50. The van der Waals surface area contributed by atoms with E-state index in [1.807, 2.05) is 0 Å². The fraction of sp³-hybridized carbons (Fsp3) is 1.00. The van der Waals surface area contributed by atoms with Gasteiger partial charge in [-0.3, -0.25) is 0 Å². The number of rotatable bonds is 2. The van der Waals surface area contributed by atoms with E-state index in [9.17, 15) is 0 Å². The molecule has 0 saturated heterocycles. The van der Waals surface area contributed by atoms with Crippen LogP contribution in [0.5, 0.6) is 0 Å². The van der Waals surface area contributed by atoms with Crippen LogP contribution < -0.4 is 0 Å².